The van der Waals surface area contributed by atoms with Crippen molar-refractivity contribution in [3.63, 3.8) is 0 Å². The van der Waals surface area contributed by atoms with Crippen molar-refractivity contribution < 1.29 is 47.0 Å². The van der Waals surface area contributed by atoms with Crippen LogP contribution in [0.25, 0.3) is 23.0 Å². The minimum atomic E-state index is -1.02. The third-order valence-corrected chi connectivity index (χ3v) is 9.79. The van der Waals surface area contributed by atoms with Crippen molar-refractivity contribution in [1.82, 2.24) is 39.5 Å². The van der Waals surface area contributed by atoms with Gasteiger partial charge in [-0.3, -0.25) is 28.5 Å². The van der Waals surface area contributed by atoms with Crippen LogP contribution < -0.4 is 11.1 Å². The minimum Gasteiger partial charge on any atom is -0.481 e. The number of ketones is 2. The Morgan fingerprint density at radius 3 is 1.51 bits per heavy atom. The standard InChI is InChI=1S/C22H23F2N5O3.C16H11ClF2N4O.C6H13NO2/c1-12(2)17(9-20(31)32)26-21-16(24)10-25-22(27-21)18-8-19(13(3)30)29(28-18)11-14-6-4-5-7-15(14)23;1-9(24)14-6-13(16-20-7-12(19)15(17)21-16)22-23(14)8-10-4-2-3-5-11(10)18;1-4(2)5(7)3-6(8)9/h4-8,10,12,17H,9,11H2,1-3H3,(H,31,32)(H,25,26,27);2-7H,8H2,1H3;4-5H,3,7H2,1-2H3,(H,8,9)/t17-;;5-/m0.0/s1. The largest absolute Gasteiger partial charge is 0.481 e. The number of hydrogen-bond acceptors (Lipinski definition) is 12. The number of carboxylic acids is 2. The number of rotatable bonds is 16. The van der Waals surface area contributed by atoms with Crippen molar-refractivity contribution in [2.24, 2.45) is 17.6 Å². The van der Waals surface area contributed by atoms with Gasteiger partial charge in [-0.1, -0.05) is 75.7 Å². The summed E-state index contributed by atoms with van der Waals surface area (Å²) in [6, 6.07) is 14.5. The number of carbonyl (C=O) groups is 4. The van der Waals surface area contributed by atoms with E-state index >= 15 is 0 Å². The number of carbonyl (C=O) groups excluding carboxylic acids is 2. The van der Waals surface area contributed by atoms with Crippen LogP contribution in [-0.2, 0) is 22.7 Å². The van der Waals surface area contributed by atoms with Gasteiger partial charge in [0.1, 0.15) is 34.4 Å². The van der Waals surface area contributed by atoms with E-state index in [9.17, 15) is 36.7 Å². The normalized spacial score (nSPS) is 11.8. The molecule has 6 aromatic rings. The fourth-order valence-electron chi connectivity index (χ4n) is 5.75. The molecule has 0 aliphatic rings. The molecular formula is C44H47ClF4N10O6. The van der Waals surface area contributed by atoms with E-state index in [0.717, 1.165) is 12.4 Å². The summed E-state index contributed by atoms with van der Waals surface area (Å²) in [5.74, 6) is -4.61. The van der Waals surface area contributed by atoms with E-state index in [-0.39, 0.29) is 101 Å². The number of benzene rings is 2. The Morgan fingerprint density at radius 2 is 1.12 bits per heavy atom. The number of Topliss-reactive ketones (excluding diaryl/α,β-unsaturated/α-hetero) is 2. The van der Waals surface area contributed by atoms with E-state index < -0.39 is 41.2 Å². The lowest BCUT2D eigenvalue weighted by atomic mass is 10.0. The minimum absolute atomic E-state index is 0.0158. The lowest BCUT2D eigenvalue weighted by molar-refractivity contribution is -0.138. The lowest BCUT2D eigenvalue weighted by Crippen LogP contribution is -2.29. The molecule has 0 amide bonds. The highest BCUT2D eigenvalue weighted by atomic mass is 35.5. The summed E-state index contributed by atoms with van der Waals surface area (Å²) in [5, 5.41) is 28.4. The predicted octanol–water partition coefficient (Wildman–Crippen LogP) is 7.75. The van der Waals surface area contributed by atoms with Crippen LogP contribution in [0, 0.1) is 35.1 Å². The number of aliphatic carboxylic acids is 2. The molecule has 0 unspecified atom stereocenters. The van der Waals surface area contributed by atoms with Crippen molar-refractivity contribution >= 4 is 40.9 Å². The highest BCUT2D eigenvalue weighted by Crippen LogP contribution is 2.24. The number of carboxylic acid groups (broad SMARTS) is 2. The topological polar surface area (TPSA) is 234 Å². The van der Waals surface area contributed by atoms with Gasteiger partial charge in [0.25, 0.3) is 0 Å². The molecule has 0 bridgehead atoms. The molecule has 65 heavy (non-hydrogen) atoms. The highest BCUT2D eigenvalue weighted by molar-refractivity contribution is 6.29. The Kier molecular flexibility index (Phi) is 18.0. The van der Waals surface area contributed by atoms with Gasteiger partial charge in [0, 0.05) is 37.1 Å². The van der Waals surface area contributed by atoms with E-state index in [1.54, 1.807) is 36.4 Å². The maximum atomic E-state index is 14.3. The second kappa shape index (κ2) is 23.1. The lowest BCUT2D eigenvalue weighted by Gasteiger charge is -2.21. The van der Waals surface area contributed by atoms with Gasteiger partial charge >= 0.3 is 11.9 Å². The molecule has 2 aromatic carbocycles. The number of nitrogens with one attached hydrogen (secondary N) is 1. The molecule has 344 valence electrons. The average molecular weight is 923 g/mol. The number of nitrogens with two attached hydrogens (primary N) is 1. The van der Waals surface area contributed by atoms with Gasteiger partial charge in [0.05, 0.1) is 38.3 Å². The third kappa shape index (κ3) is 14.5. The third-order valence-electron chi connectivity index (χ3n) is 9.53. The van der Waals surface area contributed by atoms with Crippen molar-refractivity contribution in [3.05, 3.63) is 124 Å². The van der Waals surface area contributed by atoms with E-state index in [0.29, 0.717) is 11.1 Å². The second-order valence-corrected chi connectivity index (χ2v) is 15.6. The first-order valence-electron chi connectivity index (χ1n) is 20.0. The van der Waals surface area contributed by atoms with Crippen LogP contribution in [0.4, 0.5) is 23.4 Å². The molecule has 0 aliphatic heterocycles. The summed E-state index contributed by atoms with van der Waals surface area (Å²) in [4.78, 5) is 60.8. The van der Waals surface area contributed by atoms with Crippen LogP contribution in [0.5, 0.6) is 0 Å². The Hall–Kier alpha value is -6.93. The summed E-state index contributed by atoms with van der Waals surface area (Å²) in [6.07, 6.45) is 1.72. The first kappa shape index (κ1) is 50.7. The molecule has 21 heteroatoms. The van der Waals surface area contributed by atoms with E-state index in [1.165, 1.54) is 47.5 Å². The Balaban J connectivity index is 0.000000246. The van der Waals surface area contributed by atoms with Gasteiger partial charge in [0.2, 0.25) is 0 Å². The fourth-order valence-corrected chi connectivity index (χ4v) is 5.88. The van der Waals surface area contributed by atoms with Gasteiger partial charge in [-0.2, -0.15) is 10.2 Å². The van der Waals surface area contributed by atoms with E-state index in [1.807, 2.05) is 27.7 Å². The number of aromatic nitrogens is 8. The van der Waals surface area contributed by atoms with Gasteiger partial charge in [-0.15, -0.1) is 0 Å². The molecule has 5 N–H and O–H groups in total. The molecule has 0 spiro atoms. The van der Waals surface area contributed by atoms with Crippen LogP contribution in [-0.4, -0.2) is 85.3 Å². The zero-order chi connectivity index (χ0) is 48.1. The van der Waals surface area contributed by atoms with Crippen molar-refractivity contribution in [1.29, 1.82) is 0 Å². The average Bonchev–Trinajstić information content (AvgIpc) is 3.86. The molecule has 0 aliphatic carbocycles. The van der Waals surface area contributed by atoms with Crippen LogP contribution in [0.15, 0.2) is 73.1 Å². The van der Waals surface area contributed by atoms with Crippen molar-refractivity contribution in [2.45, 2.75) is 79.6 Å². The monoisotopic (exact) mass is 922 g/mol. The number of halogens is 5. The second-order valence-electron chi connectivity index (χ2n) is 15.3. The summed E-state index contributed by atoms with van der Waals surface area (Å²) in [6.45, 7) is 10.3. The molecule has 0 saturated heterocycles. The quantitative estimate of drug-likeness (QED) is 0.0413. The zero-order valence-electron chi connectivity index (χ0n) is 36.1. The number of anilines is 1. The van der Waals surface area contributed by atoms with Crippen molar-refractivity contribution in [2.75, 3.05) is 5.32 Å². The molecule has 16 nitrogen and oxygen atoms in total. The molecule has 4 heterocycles. The van der Waals surface area contributed by atoms with E-state index in [2.05, 4.69) is 35.5 Å². The summed E-state index contributed by atoms with van der Waals surface area (Å²) in [7, 11) is 0. The zero-order valence-corrected chi connectivity index (χ0v) is 36.9. The van der Waals surface area contributed by atoms with Gasteiger partial charge < -0.3 is 21.3 Å². The highest BCUT2D eigenvalue weighted by Gasteiger charge is 2.22. The van der Waals surface area contributed by atoms with Crippen LogP contribution in [0.1, 0.15) is 86.5 Å². The number of nitrogens with zero attached hydrogens (tertiary/aromatic N) is 8. The molecular weight excluding hydrogens is 876 g/mol. The maximum Gasteiger partial charge on any atom is 0.305 e. The smallest absolute Gasteiger partial charge is 0.305 e. The first-order chi connectivity index (χ1) is 30.6. The maximum absolute atomic E-state index is 14.3. The molecule has 0 radical (unpaired) electrons. The van der Waals surface area contributed by atoms with Gasteiger partial charge in [-0.05, 0) is 36.1 Å². The predicted molar refractivity (Wildman–Crippen MR) is 232 cm³/mol. The van der Waals surface area contributed by atoms with Crippen LogP contribution >= 0.6 is 11.6 Å². The fraction of sp³-hybridized carbons (Fsp3) is 0.318. The molecule has 6 rings (SSSR count). The SMILES string of the molecule is CC(=O)c1cc(-c2ncc(F)c(Cl)n2)nn1Cc1ccccc1F.CC(=O)c1cc(-c2ncc(F)c(N[C@@H](CC(=O)O)C(C)C)n2)nn1Cc1ccccc1F.CC(C)[C@@H](N)CC(=O)O. The first-order valence-corrected chi connectivity index (χ1v) is 20.3. The van der Waals surface area contributed by atoms with Crippen molar-refractivity contribution in [3.8, 4) is 23.0 Å². The number of hydrogen-bond donors (Lipinski definition) is 4. The van der Waals surface area contributed by atoms with Crippen LogP contribution in [0.2, 0.25) is 5.15 Å². The van der Waals surface area contributed by atoms with Gasteiger partial charge in [-0.25, -0.2) is 37.5 Å². The summed E-state index contributed by atoms with van der Waals surface area (Å²) in [5.41, 5.74) is 7.10. The Labute approximate surface area is 375 Å². The molecule has 2 atom stereocenters. The summed E-state index contributed by atoms with van der Waals surface area (Å²) < 4.78 is 58.1. The molecule has 0 saturated carbocycles. The Bertz CT molecular complexity index is 2640. The Morgan fingerprint density at radius 1 is 0.677 bits per heavy atom. The van der Waals surface area contributed by atoms with E-state index in [4.69, 9.17) is 27.5 Å². The van der Waals surface area contributed by atoms with Gasteiger partial charge in [0.15, 0.2) is 45.8 Å². The molecule has 0 fully saturated rings. The summed E-state index contributed by atoms with van der Waals surface area (Å²) >= 11 is 5.65. The van der Waals surface area contributed by atoms with Crippen LogP contribution in [0.3, 0.4) is 0 Å². The molecule has 4 aromatic heterocycles.